The molecule has 29 heavy (non-hydrogen) atoms. The zero-order valence-corrected chi connectivity index (χ0v) is 17.5. The van der Waals surface area contributed by atoms with Crippen molar-refractivity contribution < 1.29 is 24.2 Å². The Morgan fingerprint density at radius 2 is 1.86 bits per heavy atom. The fourth-order valence-corrected chi connectivity index (χ4v) is 8.43. The molecule has 0 aromatic heterocycles. The Labute approximate surface area is 172 Å². The van der Waals surface area contributed by atoms with Crippen LogP contribution in [0.4, 0.5) is 0 Å². The van der Waals surface area contributed by atoms with Crippen LogP contribution in [0, 0.1) is 34.5 Å². The van der Waals surface area contributed by atoms with Gasteiger partial charge in [0.25, 0.3) is 0 Å². The summed E-state index contributed by atoms with van der Waals surface area (Å²) in [5.41, 5.74) is 0.813. The minimum atomic E-state index is -0.743. The molecule has 5 aliphatic rings. The topological polar surface area (TPSA) is 80.7 Å². The second-order valence-electron chi connectivity index (χ2n) is 10.9. The summed E-state index contributed by atoms with van der Waals surface area (Å²) < 4.78 is 6.01. The Morgan fingerprint density at radius 3 is 2.55 bits per heavy atom. The molecule has 0 bridgehead atoms. The van der Waals surface area contributed by atoms with Crippen LogP contribution in [-0.4, -0.2) is 28.4 Å². The Bertz CT molecular complexity index is 814. The van der Waals surface area contributed by atoms with Gasteiger partial charge in [0.05, 0.1) is 0 Å². The van der Waals surface area contributed by atoms with Crippen molar-refractivity contribution in [1.29, 1.82) is 0 Å². The molecule has 0 amide bonds. The molecule has 7 atom stereocenters. The first-order valence-electron chi connectivity index (χ1n) is 11.4. The molecule has 0 aromatic carbocycles. The Hall–Kier alpha value is -1.65. The zero-order valence-electron chi connectivity index (χ0n) is 17.5. The number of carboxylic acid groups (broad SMARTS) is 1. The molecular formula is C24H32O5. The number of carboxylic acids is 1. The number of hydrogen-bond acceptors (Lipinski definition) is 4. The number of esters is 1. The smallest absolute Gasteiger partial charge is 0.306 e. The minimum Gasteiger partial charge on any atom is -0.481 e. The molecule has 6 unspecified atom stereocenters. The van der Waals surface area contributed by atoms with Crippen LogP contribution in [0.5, 0.6) is 0 Å². The molecule has 0 radical (unpaired) electrons. The highest BCUT2D eigenvalue weighted by Crippen LogP contribution is 2.70. The molecule has 4 fully saturated rings. The monoisotopic (exact) mass is 400 g/mol. The number of ether oxygens (including phenoxy) is 1. The maximum Gasteiger partial charge on any atom is 0.306 e. The zero-order chi connectivity index (χ0) is 20.6. The lowest BCUT2D eigenvalue weighted by Crippen LogP contribution is -2.57. The van der Waals surface area contributed by atoms with Gasteiger partial charge in [-0.25, -0.2) is 0 Å². The predicted molar refractivity (Wildman–Crippen MR) is 106 cm³/mol. The second-order valence-corrected chi connectivity index (χ2v) is 10.9. The fourth-order valence-electron chi connectivity index (χ4n) is 8.43. The van der Waals surface area contributed by atoms with E-state index in [0.717, 1.165) is 44.9 Å². The number of fused-ring (bicyclic) bond motifs is 6. The van der Waals surface area contributed by atoms with Gasteiger partial charge in [-0.3, -0.25) is 14.4 Å². The van der Waals surface area contributed by atoms with Crippen molar-refractivity contribution in [2.75, 3.05) is 0 Å². The number of ketones is 1. The van der Waals surface area contributed by atoms with Gasteiger partial charge in [-0.2, -0.15) is 0 Å². The fraction of sp³-hybridized carbons (Fsp3) is 0.792. The van der Waals surface area contributed by atoms with Gasteiger partial charge in [0, 0.05) is 24.7 Å². The lowest BCUT2D eigenvalue weighted by Gasteiger charge is -2.61. The van der Waals surface area contributed by atoms with E-state index in [9.17, 15) is 19.5 Å². The lowest BCUT2D eigenvalue weighted by atomic mass is 9.44. The van der Waals surface area contributed by atoms with Crippen LogP contribution < -0.4 is 0 Å². The van der Waals surface area contributed by atoms with Crippen molar-refractivity contribution in [3.63, 3.8) is 0 Å². The van der Waals surface area contributed by atoms with Crippen LogP contribution in [0.2, 0.25) is 0 Å². The molecule has 1 spiro atoms. The average Bonchev–Trinajstić information content (AvgIpc) is 3.17. The minimum absolute atomic E-state index is 0.0109. The van der Waals surface area contributed by atoms with E-state index in [2.05, 4.69) is 13.8 Å². The first kappa shape index (κ1) is 19.3. The van der Waals surface area contributed by atoms with E-state index in [1.165, 1.54) is 5.57 Å². The van der Waals surface area contributed by atoms with Crippen molar-refractivity contribution >= 4 is 17.7 Å². The number of allylic oxidation sites excluding steroid dienone is 1. The molecule has 1 N–H and O–H groups in total. The number of rotatable bonds is 2. The van der Waals surface area contributed by atoms with Crippen molar-refractivity contribution in [2.24, 2.45) is 34.5 Å². The molecule has 158 valence electrons. The first-order chi connectivity index (χ1) is 13.7. The van der Waals surface area contributed by atoms with Gasteiger partial charge in [0.15, 0.2) is 5.78 Å². The van der Waals surface area contributed by atoms with E-state index in [4.69, 9.17) is 4.74 Å². The molecule has 4 aliphatic carbocycles. The molecule has 1 aliphatic heterocycles. The number of aliphatic carboxylic acids is 1. The van der Waals surface area contributed by atoms with E-state index in [-0.39, 0.29) is 40.5 Å². The summed E-state index contributed by atoms with van der Waals surface area (Å²) >= 11 is 0. The van der Waals surface area contributed by atoms with Crippen LogP contribution in [0.1, 0.15) is 78.1 Å². The highest BCUT2D eigenvalue weighted by Gasteiger charge is 2.68. The van der Waals surface area contributed by atoms with Crippen molar-refractivity contribution in [1.82, 2.24) is 0 Å². The van der Waals surface area contributed by atoms with Crippen LogP contribution in [0.25, 0.3) is 0 Å². The van der Waals surface area contributed by atoms with E-state index < -0.39 is 5.97 Å². The number of hydrogen-bond donors (Lipinski definition) is 1. The van der Waals surface area contributed by atoms with Gasteiger partial charge in [0.2, 0.25) is 0 Å². The van der Waals surface area contributed by atoms with E-state index >= 15 is 0 Å². The third kappa shape index (κ3) is 2.55. The van der Waals surface area contributed by atoms with E-state index in [1.807, 2.05) is 6.08 Å². The molecule has 0 aromatic rings. The quantitative estimate of drug-likeness (QED) is 0.699. The SMILES string of the molecule is CC12CCC(=O)C=C1CC(CC(=O)O)C1C2CCC2(C)C1CC[C@@]21CCC(=O)O1. The van der Waals surface area contributed by atoms with E-state index in [0.29, 0.717) is 30.6 Å². The first-order valence-corrected chi connectivity index (χ1v) is 11.4. The van der Waals surface area contributed by atoms with Gasteiger partial charge in [-0.1, -0.05) is 19.4 Å². The van der Waals surface area contributed by atoms with Crippen LogP contribution in [0.15, 0.2) is 11.6 Å². The van der Waals surface area contributed by atoms with Gasteiger partial charge in [0.1, 0.15) is 5.60 Å². The van der Waals surface area contributed by atoms with Gasteiger partial charge in [-0.15, -0.1) is 0 Å². The maximum absolute atomic E-state index is 12.1. The molecule has 5 nitrogen and oxygen atoms in total. The number of carbonyl (C=O) groups is 3. The average molecular weight is 401 g/mol. The standard InChI is InChI=1S/C24H32O5/c1-22-7-3-16(25)13-15(22)11-14(12-19(26)27)21-17(22)4-8-23(2)18(21)5-9-24(23)10-6-20(28)29-24/h13-14,17-18,21H,3-12H2,1-2H3,(H,26,27)/t14?,17?,18?,21?,22?,23?,24-/m1/s1. The van der Waals surface area contributed by atoms with Crippen molar-refractivity contribution in [2.45, 2.75) is 83.7 Å². The second kappa shape index (κ2) is 6.18. The summed E-state index contributed by atoms with van der Waals surface area (Å²) in [7, 11) is 0. The van der Waals surface area contributed by atoms with E-state index in [1.54, 1.807) is 0 Å². The lowest BCUT2D eigenvalue weighted by molar-refractivity contribution is -0.171. The van der Waals surface area contributed by atoms with Crippen LogP contribution >= 0.6 is 0 Å². The summed E-state index contributed by atoms with van der Waals surface area (Å²) in [5, 5.41) is 9.66. The summed E-state index contributed by atoms with van der Waals surface area (Å²) in [6, 6.07) is 0. The number of carbonyl (C=O) groups excluding carboxylic acids is 2. The Morgan fingerprint density at radius 1 is 1.10 bits per heavy atom. The summed E-state index contributed by atoms with van der Waals surface area (Å²) in [6.07, 6.45) is 9.58. The highest BCUT2D eigenvalue weighted by molar-refractivity contribution is 5.91. The molecule has 1 heterocycles. The molecule has 1 saturated heterocycles. The van der Waals surface area contributed by atoms with Crippen LogP contribution in [0.3, 0.4) is 0 Å². The Balaban J connectivity index is 1.56. The largest absolute Gasteiger partial charge is 0.481 e. The van der Waals surface area contributed by atoms with Gasteiger partial charge < -0.3 is 9.84 Å². The van der Waals surface area contributed by atoms with Crippen molar-refractivity contribution in [3.05, 3.63) is 11.6 Å². The summed E-state index contributed by atoms with van der Waals surface area (Å²) in [5.74, 6) is 0.606. The normalized spacial score (nSPS) is 48.6. The highest BCUT2D eigenvalue weighted by atomic mass is 16.6. The summed E-state index contributed by atoms with van der Waals surface area (Å²) in [4.78, 5) is 35.9. The predicted octanol–water partition coefficient (Wildman–Crippen LogP) is 4.29. The molecule has 5 heteroatoms. The molecular weight excluding hydrogens is 368 g/mol. The molecule has 5 rings (SSSR count). The maximum atomic E-state index is 12.1. The van der Waals surface area contributed by atoms with Gasteiger partial charge in [-0.05, 0) is 80.1 Å². The third-order valence-electron chi connectivity index (χ3n) is 9.91. The van der Waals surface area contributed by atoms with Gasteiger partial charge >= 0.3 is 11.9 Å². The van der Waals surface area contributed by atoms with Crippen molar-refractivity contribution in [3.8, 4) is 0 Å². The summed E-state index contributed by atoms with van der Waals surface area (Å²) in [6.45, 7) is 4.64. The molecule has 3 saturated carbocycles. The Kier molecular flexibility index (Phi) is 4.12. The van der Waals surface area contributed by atoms with Crippen LogP contribution in [-0.2, 0) is 19.1 Å². The third-order valence-corrected chi connectivity index (χ3v) is 9.91.